The maximum absolute atomic E-state index is 12.5. The van der Waals surface area contributed by atoms with Gasteiger partial charge in [-0.25, -0.2) is 0 Å². The Morgan fingerprint density at radius 3 is 2.80 bits per heavy atom. The van der Waals surface area contributed by atoms with E-state index >= 15 is 0 Å². The number of nitrogens with two attached hydrogens (primary N) is 1. The lowest BCUT2D eigenvalue weighted by molar-refractivity contribution is -0.117. The minimum Gasteiger partial charge on any atom is -0.365 e. The average Bonchev–Trinajstić information content (AvgIpc) is 3.20. The van der Waals surface area contributed by atoms with Crippen molar-refractivity contribution in [2.24, 2.45) is 5.73 Å². The van der Waals surface area contributed by atoms with Crippen LogP contribution in [0, 0.1) is 0 Å². The lowest BCUT2D eigenvalue weighted by Gasteiger charge is -2.19. The number of fused-ring (bicyclic) bond motifs is 1. The largest absolute Gasteiger partial charge is 0.365 e. The molecule has 0 aromatic carbocycles. The lowest BCUT2D eigenvalue weighted by atomic mass is 9.95. The number of nitrogens with zero attached hydrogens (tertiary/aromatic N) is 1. The van der Waals surface area contributed by atoms with Crippen molar-refractivity contribution < 1.29 is 9.59 Å². The van der Waals surface area contributed by atoms with Crippen molar-refractivity contribution in [2.45, 2.75) is 39.2 Å². The van der Waals surface area contributed by atoms with E-state index in [0.717, 1.165) is 44.3 Å². The number of likely N-dealkylation sites (N-methyl/N-ethyl adjacent to an activating group) is 1. The van der Waals surface area contributed by atoms with E-state index < -0.39 is 5.91 Å². The van der Waals surface area contributed by atoms with Gasteiger partial charge in [0.1, 0.15) is 5.00 Å². The number of anilines is 1. The Morgan fingerprint density at radius 2 is 2.12 bits per heavy atom. The summed E-state index contributed by atoms with van der Waals surface area (Å²) in [6.07, 6.45) is 4.04. The quantitative estimate of drug-likeness (QED) is 0.778. The molecule has 0 atom stereocenters. The van der Waals surface area contributed by atoms with Gasteiger partial charge in [-0.1, -0.05) is 13.0 Å². The minimum absolute atomic E-state index is 0.0977. The normalized spacial score (nSPS) is 13.7. The van der Waals surface area contributed by atoms with Crippen LogP contribution in [-0.4, -0.2) is 29.8 Å². The molecule has 0 aliphatic heterocycles. The Labute approximate surface area is 155 Å². The summed E-state index contributed by atoms with van der Waals surface area (Å²) in [6, 6.07) is 4.09. The topological polar surface area (TPSA) is 75.4 Å². The average molecular weight is 378 g/mol. The second-order valence-corrected chi connectivity index (χ2v) is 8.35. The molecule has 134 valence electrons. The van der Waals surface area contributed by atoms with Gasteiger partial charge in [0.2, 0.25) is 5.91 Å². The molecule has 0 unspecified atom stereocenters. The van der Waals surface area contributed by atoms with Gasteiger partial charge in [-0.15, -0.1) is 22.7 Å². The second kappa shape index (κ2) is 8.12. The number of amides is 2. The van der Waals surface area contributed by atoms with Crippen LogP contribution < -0.4 is 11.1 Å². The Bertz CT molecular complexity index is 753. The van der Waals surface area contributed by atoms with Gasteiger partial charge in [0.05, 0.1) is 12.1 Å². The maximum atomic E-state index is 12.5. The molecule has 0 saturated heterocycles. The van der Waals surface area contributed by atoms with Crippen molar-refractivity contribution in [3.05, 3.63) is 38.4 Å². The Balaban J connectivity index is 1.70. The van der Waals surface area contributed by atoms with Gasteiger partial charge in [-0.2, -0.15) is 0 Å². The van der Waals surface area contributed by atoms with Gasteiger partial charge in [-0.05, 0) is 49.2 Å². The first-order valence-electron chi connectivity index (χ1n) is 8.57. The van der Waals surface area contributed by atoms with Crippen LogP contribution in [0.15, 0.2) is 17.5 Å². The van der Waals surface area contributed by atoms with Gasteiger partial charge in [0.15, 0.2) is 0 Å². The van der Waals surface area contributed by atoms with E-state index in [1.807, 2.05) is 18.4 Å². The molecule has 1 aliphatic rings. The van der Waals surface area contributed by atoms with E-state index in [0.29, 0.717) is 17.1 Å². The summed E-state index contributed by atoms with van der Waals surface area (Å²) >= 11 is 3.20. The fourth-order valence-corrected chi connectivity index (χ4v) is 5.24. The minimum atomic E-state index is -0.444. The number of rotatable bonds is 7. The number of hydrogen-bond donors (Lipinski definition) is 2. The third-order valence-corrected chi connectivity index (χ3v) is 6.51. The van der Waals surface area contributed by atoms with Crippen LogP contribution in [0.3, 0.4) is 0 Å². The summed E-state index contributed by atoms with van der Waals surface area (Å²) in [6.45, 7) is 3.88. The molecule has 2 aromatic rings. The second-order valence-electron chi connectivity index (χ2n) is 6.21. The van der Waals surface area contributed by atoms with Gasteiger partial charge in [0.25, 0.3) is 5.91 Å². The highest BCUT2D eigenvalue weighted by Gasteiger charge is 2.25. The van der Waals surface area contributed by atoms with Crippen LogP contribution in [0.1, 0.15) is 45.4 Å². The molecule has 3 rings (SSSR count). The number of carbonyl (C=O) groups is 2. The van der Waals surface area contributed by atoms with Crippen LogP contribution >= 0.6 is 22.7 Å². The molecule has 1 aliphatic carbocycles. The van der Waals surface area contributed by atoms with Gasteiger partial charge >= 0.3 is 0 Å². The van der Waals surface area contributed by atoms with Crippen LogP contribution in [0.4, 0.5) is 5.00 Å². The summed E-state index contributed by atoms with van der Waals surface area (Å²) < 4.78 is 0. The van der Waals surface area contributed by atoms with Crippen molar-refractivity contribution in [1.29, 1.82) is 0 Å². The highest BCUT2D eigenvalue weighted by molar-refractivity contribution is 7.17. The number of nitrogens with one attached hydrogen (secondary N) is 1. The molecule has 5 nitrogen and oxygen atoms in total. The van der Waals surface area contributed by atoms with Crippen molar-refractivity contribution in [1.82, 2.24) is 4.90 Å². The third-order valence-electron chi connectivity index (χ3n) is 4.44. The Hall–Kier alpha value is -1.70. The summed E-state index contributed by atoms with van der Waals surface area (Å²) in [4.78, 5) is 28.9. The lowest BCUT2D eigenvalue weighted by Crippen LogP contribution is -2.32. The van der Waals surface area contributed by atoms with Crippen molar-refractivity contribution >= 4 is 39.5 Å². The third kappa shape index (κ3) is 4.29. The molecule has 0 radical (unpaired) electrons. The molecule has 2 aromatic heterocycles. The first-order chi connectivity index (χ1) is 12.1. The molecule has 0 saturated carbocycles. The number of thiophene rings is 2. The number of hydrogen-bond acceptors (Lipinski definition) is 5. The predicted molar refractivity (Wildman–Crippen MR) is 103 cm³/mol. The van der Waals surface area contributed by atoms with Gasteiger partial charge < -0.3 is 11.1 Å². The van der Waals surface area contributed by atoms with Crippen LogP contribution in [0.2, 0.25) is 0 Å². The van der Waals surface area contributed by atoms with Crippen LogP contribution in [0.25, 0.3) is 0 Å². The first kappa shape index (κ1) is 18.1. The van der Waals surface area contributed by atoms with Crippen LogP contribution in [-0.2, 0) is 24.2 Å². The highest BCUT2D eigenvalue weighted by atomic mass is 32.1. The van der Waals surface area contributed by atoms with Crippen molar-refractivity contribution in [3.8, 4) is 0 Å². The standard InChI is InChI=1S/C18H23N3O2S2/c1-2-21(10-12-6-5-9-24-12)11-15(22)20-18-16(17(19)23)13-7-3-4-8-14(13)25-18/h5-6,9H,2-4,7-8,10-11H2,1H3,(H2,19,23)(H,20,22). The smallest absolute Gasteiger partial charge is 0.251 e. The van der Waals surface area contributed by atoms with Crippen LogP contribution in [0.5, 0.6) is 0 Å². The zero-order valence-corrected chi connectivity index (χ0v) is 16.0. The molecule has 7 heteroatoms. The Morgan fingerprint density at radius 1 is 1.32 bits per heavy atom. The zero-order chi connectivity index (χ0) is 17.8. The van der Waals surface area contributed by atoms with E-state index in [9.17, 15) is 9.59 Å². The molecule has 2 amide bonds. The molecule has 3 N–H and O–H groups in total. The molecule has 25 heavy (non-hydrogen) atoms. The van der Waals surface area contributed by atoms with Crippen molar-refractivity contribution in [3.63, 3.8) is 0 Å². The van der Waals surface area contributed by atoms with Gasteiger partial charge in [-0.3, -0.25) is 14.5 Å². The van der Waals surface area contributed by atoms with Gasteiger partial charge in [0, 0.05) is 16.3 Å². The summed E-state index contributed by atoms with van der Waals surface area (Å²) in [5.74, 6) is -0.542. The summed E-state index contributed by atoms with van der Waals surface area (Å²) in [5, 5.41) is 5.60. The number of carbonyl (C=O) groups excluding carboxylic acids is 2. The fourth-order valence-electron chi connectivity index (χ4n) is 3.19. The van der Waals surface area contributed by atoms with Crippen molar-refractivity contribution in [2.75, 3.05) is 18.4 Å². The molecular formula is C18H23N3O2S2. The summed E-state index contributed by atoms with van der Waals surface area (Å²) in [5.41, 5.74) is 7.15. The molecule has 0 spiro atoms. The monoisotopic (exact) mass is 377 g/mol. The number of aryl methyl sites for hydroxylation is 1. The molecule has 0 bridgehead atoms. The highest BCUT2D eigenvalue weighted by Crippen LogP contribution is 2.37. The SMILES string of the molecule is CCN(CC(=O)Nc1sc2c(c1C(N)=O)CCCC2)Cc1cccs1. The fraction of sp³-hybridized carbons (Fsp3) is 0.444. The predicted octanol–water partition coefficient (Wildman–Crippen LogP) is 3.25. The van der Waals surface area contributed by atoms with E-state index in [1.165, 1.54) is 21.1 Å². The van der Waals surface area contributed by atoms with E-state index in [1.54, 1.807) is 11.3 Å². The first-order valence-corrected chi connectivity index (χ1v) is 10.3. The maximum Gasteiger partial charge on any atom is 0.251 e. The zero-order valence-electron chi connectivity index (χ0n) is 14.3. The number of primary amides is 1. The van der Waals surface area contributed by atoms with E-state index in [-0.39, 0.29) is 5.91 Å². The molecule has 0 fully saturated rings. The van der Waals surface area contributed by atoms with E-state index in [4.69, 9.17) is 5.73 Å². The molecular weight excluding hydrogens is 354 g/mol. The summed E-state index contributed by atoms with van der Waals surface area (Å²) in [7, 11) is 0. The Kier molecular flexibility index (Phi) is 5.88. The molecule has 2 heterocycles. The van der Waals surface area contributed by atoms with E-state index in [2.05, 4.69) is 16.3 Å².